The van der Waals surface area contributed by atoms with Gasteiger partial charge in [0.1, 0.15) is 5.82 Å². The molecule has 1 aliphatic carbocycles. The number of primary amides is 1. The molecule has 11 heteroatoms. The molecule has 1 aromatic carbocycles. The van der Waals surface area contributed by atoms with Crippen LogP contribution in [0, 0.1) is 0 Å². The van der Waals surface area contributed by atoms with Crippen molar-refractivity contribution in [1.29, 1.82) is 0 Å². The predicted molar refractivity (Wildman–Crippen MR) is 159 cm³/mol. The monoisotopic (exact) mass is 579 g/mol. The number of thiophene rings is 1. The highest BCUT2D eigenvalue weighted by Gasteiger charge is 2.32. The normalized spacial score (nSPS) is 20.3. The zero-order valence-corrected chi connectivity index (χ0v) is 23.9. The third kappa shape index (κ3) is 6.24. The van der Waals surface area contributed by atoms with Crippen molar-refractivity contribution in [2.75, 3.05) is 36.4 Å². The van der Waals surface area contributed by atoms with E-state index in [0.717, 1.165) is 31.1 Å². The quantitative estimate of drug-likeness (QED) is 0.352. The summed E-state index contributed by atoms with van der Waals surface area (Å²) in [6.45, 7) is 3.73. The third-order valence-corrected chi connectivity index (χ3v) is 9.34. The molecule has 210 valence electrons. The number of carbonyl (C=O) groups excluding carboxylic acids is 2. The molecule has 0 unspecified atom stereocenters. The molecule has 6 rings (SSSR count). The fraction of sp³-hybridized carbons (Fsp3) is 0.448. The third-order valence-electron chi connectivity index (χ3n) is 8.11. The van der Waals surface area contributed by atoms with Gasteiger partial charge in [0.15, 0.2) is 11.5 Å². The van der Waals surface area contributed by atoms with Crippen LogP contribution >= 0.6 is 22.9 Å². The molecule has 0 radical (unpaired) electrons. The Morgan fingerprint density at radius 2 is 1.77 bits per heavy atom. The van der Waals surface area contributed by atoms with Gasteiger partial charge in [-0.3, -0.25) is 9.59 Å². The molecule has 2 aromatic heterocycles. The second kappa shape index (κ2) is 11.7. The first kappa shape index (κ1) is 27.0. The van der Waals surface area contributed by atoms with Gasteiger partial charge < -0.3 is 26.2 Å². The maximum Gasteiger partial charge on any atom is 0.271 e. The first-order chi connectivity index (χ1) is 19.4. The summed E-state index contributed by atoms with van der Waals surface area (Å²) in [4.78, 5) is 39.2. The van der Waals surface area contributed by atoms with Crippen LogP contribution in [0.15, 0.2) is 42.6 Å². The predicted octanol–water partition coefficient (Wildman–Crippen LogP) is 4.77. The van der Waals surface area contributed by atoms with Crippen LogP contribution in [0.25, 0.3) is 0 Å². The molecule has 40 heavy (non-hydrogen) atoms. The van der Waals surface area contributed by atoms with Crippen molar-refractivity contribution >= 4 is 52.1 Å². The minimum Gasteiger partial charge on any atom is -0.364 e. The Morgan fingerprint density at radius 3 is 2.45 bits per heavy atom. The fourth-order valence-corrected chi connectivity index (χ4v) is 6.75. The Labute approximate surface area is 243 Å². The lowest BCUT2D eigenvalue weighted by atomic mass is 9.89. The number of nitrogens with two attached hydrogens (primary N) is 1. The number of nitrogens with one attached hydrogen (secondary N) is 2. The van der Waals surface area contributed by atoms with Gasteiger partial charge >= 0.3 is 0 Å². The topological polar surface area (TPSA) is 116 Å². The van der Waals surface area contributed by atoms with E-state index in [-0.39, 0.29) is 17.6 Å². The number of halogens is 1. The molecule has 1 saturated carbocycles. The van der Waals surface area contributed by atoms with Crippen LogP contribution in [0.2, 0.25) is 4.34 Å². The number of anilines is 3. The molecule has 2 saturated heterocycles. The van der Waals surface area contributed by atoms with Crippen LogP contribution < -0.4 is 21.3 Å². The second-order valence-electron chi connectivity index (χ2n) is 10.9. The molecule has 3 aliphatic rings. The van der Waals surface area contributed by atoms with Gasteiger partial charge in [0.05, 0.1) is 15.4 Å². The maximum absolute atomic E-state index is 12.6. The van der Waals surface area contributed by atoms with E-state index in [9.17, 15) is 9.59 Å². The van der Waals surface area contributed by atoms with Crippen molar-refractivity contribution in [1.82, 2.24) is 20.2 Å². The van der Waals surface area contributed by atoms with Crippen molar-refractivity contribution in [3.8, 4) is 0 Å². The lowest BCUT2D eigenvalue weighted by Gasteiger charge is -2.34. The summed E-state index contributed by atoms with van der Waals surface area (Å²) in [7, 11) is 0. The minimum atomic E-state index is -0.640. The van der Waals surface area contributed by atoms with Gasteiger partial charge in [-0.1, -0.05) is 23.7 Å². The molecule has 2 amide bonds. The number of hydrogen-bond donors (Lipinski definition) is 3. The molecule has 9 nitrogen and oxygen atoms in total. The van der Waals surface area contributed by atoms with Gasteiger partial charge in [-0.25, -0.2) is 9.97 Å². The molecular weight excluding hydrogens is 546 g/mol. The SMILES string of the molecule is NC(=O)c1ncc(N2CCC[C@@H](NC(=O)c3ccc(Cl)s3)C2)nc1Nc1ccc(C2CCN(C3CC3)CC2)cc1. The molecular formula is C29H34ClN7O2S. The largest absolute Gasteiger partial charge is 0.364 e. The number of carbonyl (C=O) groups is 2. The van der Waals surface area contributed by atoms with Crippen LogP contribution in [0.5, 0.6) is 0 Å². The Bertz CT molecular complexity index is 1370. The highest BCUT2D eigenvalue weighted by atomic mass is 35.5. The number of piperidine rings is 2. The summed E-state index contributed by atoms with van der Waals surface area (Å²) < 4.78 is 0.587. The van der Waals surface area contributed by atoms with E-state index in [0.29, 0.717) is 33.3 Å². The Balaban J connectivity index is 1.12. The average Bonchev–Trinajstić information content (AvgIpc) is 3.73. The lowest BCUT2D eigenvalue weighted by molar-refractivity contribution is 0.0936. The summed E-state index contributed by atoms with van der Waals surface area (Å²) in [5.74, 6) is 0.773. The summed E-state index contributed by atoms with van der Waals surface area (Å²) >= 11 is 7.26. The van der Waals surface area contributed by atoms with E-state index in [1.165, 1.54) is 55.7 Å². The zero-order valence-electron chi connectivity index (χ0n) is 22.3. The number of benzene rings is 1. The van der Waals surface area contributed by atoms with Crippen molar-refractivity contribution < 1.29 is 9.59 Å². The number of nitrogens with zero attached hydrogens (tertiary/aromatic N) is 4. The number of hydrogen-bond acceptors (Lipinski definition) is 8. The average molecular weight is 580 g/mol. The van der Waals surface area contributed by atoms with Crippen LogP contribution in [-0.4, -0.2) is 64.9 Å². The van der Waals surface area contributed by atoms with Gasteiger partial charge in [0.25, 0.3) is 11.8 Å². The van der Waals surface area contributed by atoms with Gasteiger partial charge in [-0.15, -0.1) is 11.3 Å². The smallest absolute Gasteiger partial charge is 0.271 e. The summed E-state index contributed by atoms with van der Waals surface area (Å²) in [5, 5.41) is 6.38. The molecule has 4 heterocycles. The van der Waals surface area contributed by atoms with Gasteiger partial charge in [0.2, 0.25) is 0 Å². The Hall–Kier alpha value is -3.21. The van der Waals surface area contributed by atoms with Crippen molar-refractivity contribution in [3.05, 3.63) is 63.1 Å². The summed E-state index contributed by atoms with van der Waals surface area (Å²) in [6, 6.07) is 12.7. The number of rotatable bonds is 8. The molecule has 3 fully saturated rings. The van der Waals surface area contributed by atoms with Gasteiger partial charge in [0, 0.05) is 30.9 Å². The van der Waals surface area contributed by atoms with Crippen molar-refractivity contribution in [2.24, 2.45) is 5.73 Å². The second-order valence-corrected chi connectivity index (χ2v) is 12.7. The molecule has 4 N–H and O–H groups in total. The standard InChI is InChI=1S/C29H34ClN7O2S/c30-24-10-9-23(40-24)29(39)34-21-2-1-13-37(17-21)25-16-32-26(27(31)38)28(35-25)33-20-5-3-18(4-6-20)19-11-14-36(15-12-19)22-7-8-22/h3-6,9-10,16,19,21-22H,1-2,7-8,11-15,17H2,(H2,31,38)(H,33,35)(H,34,39)/t21-/m1/s1. The van der Waals surface area contributed by atoms with E-state index < -0.39 is 5.91 Å². The van der Waals surface area contributed by atoms with Crippen LogP contribution in [0.1, 0.15) is 70.2 Å². The number of amides is 2. The zero-order chi connectivity index (χ0) is 27.6. The Morgan fingerprint density at radius 1 is 1.00 bits per heavy atom. The summed E-state index contributed by atoms with van der Waals surface area (Å²) in [6.07, 6.45) is 8.45. The van der Waals surface area contributed by atoms with E-state index in [4.69, 9.17) is 22.3 Å². The fourth-order valence-electron chi connectivity index (χ4n) is 5.81. The first-order valence-electron chi connectivity index (χ1n) is 14.0. The minimum absolute atomic E-state index is 0.0418. The van der Waals surface area contributed by atoms with E-state index in [1.807, 2.05) is 12.1 Å². The van der Waals surface area contributed by atoms with Crippen molar-refractivity contribution in [2.45, 2.75) is 56.5 Å². The molecule has 0 spiro atoms. The van der Waals surface area contributed by atoms with E-state index in [2.05, 4.69) is 37.6 Å². The van der Waals surface area contributed by atoms with Crippen molar-refractivity contribution in [3.63, 3.8) is 0 Å². The lowest BCUT2D eigenvalue weighted by Crippen LogP contribution is -2.48. The van der Waals surface area contributed by atoms with Crippen LogP contribution in [-0.2, 0) is 0 Å². The highest BCUT2D eigenvalue weighted by molar-refractivity contribution is 7.18. The highest BCUT2D eigenvalue weighted by Crippen LogP contribution is 2.35. The summed E-state index contributed by atoms with van der Waals surface area (Å²) in [5.41, 5.74) is 7.90. The van der Waals surface area contributed by atoms with Gasteiger partial charge in [-0.2, -0.15) is 0 Å². The van der Waals surface area contributed by atoms with Gasteiger partial charge in [-0.05, 0) is 87.4 Å². The van der Waals surface area contributed by atoms with E-state index in [1.54, 1.807) is 18.3 Å². The van der Waals surface area contributed by atoms with Crippen LogP contribution in [0.3, 0.4) is 0 Å². The molecule has 1 atom stereocenters. The number of likely N-dealkylation sites (tertiary alicyclic amines) is 1. The molecule has 3 aromatic rings. The molecule has 0 bridgehead atoms. The first-order valence-corrected chi connectivity index (χ1v) is 15.2. The Kier molecular flexibility index (Phi) is 7.91. The number of aromatic nitrogens is 2. The van der Waals surface area contributed by atoms with Crippen LogP contribution in [0.4, 0.5) is 17.3 Å². The maximum atomic E-state index is 12.6. The van der Waals surface area contributed by atoms with E-state index >= 15 is 0 Å². The molecule has 2 aliphatic heterocycles.